The molecule has 5 rings (SSSR count). The van der Waals surface area contributed by atoms with E-state index in [0.29, 0.717) is 6.61 Å². The van der Waals surface area contributed by atoms with Gasteiger partial charge < -0.3 is 4.74 Å². The van der Waals surface area contributed by atoms with Gasteiger partial charge in [0.1, 0.15) is 18.2 Å². The normalized spacial score (nSPS) is 15.3. The molecule has 0 unspecified atom stereocenters. The zero-order chi connectivity index (χ0) is 23.2. The topological polar surface area (TPSA) is 12.5 Å². The summed E-state index contributed by atoms with van der Waals surface area (Å²) in [7, 11) is 0. The quantitative estimate of drug-likeness (QED) is 0.311. The lowest BCUT2D eigenvalue weighted by molar-refractivity contribution is 0.0889. The van der Waals surface area contributed by atoms with Crippen molar-refractivity contribution in [3.63, 3.8) is 0 Å². The summed E-state index contributed by atoms with van der Waals surface area (Å²) < 4.78 is 19.5. The van der Waals surface area contributed by atoms with Crippen molar-refractivity contribution in [1.82, 2.24) is 4.90 Å². The summed E-state index contributed by atoms with van der Waals surface area (Å²) in [6, 6.07) is 34.1. The molecule has 0 amide bonds. The van der Waals surface area contributed by atoms with Gasteiger partial charge in [-0.05, 0) is 58.0 Å². The molecule has 1 aliphatic rings. The van der Waals surface area contributed by atoms with E-state index in [1.165, 1.54) is 28.8 Å². The molecule has 170 valence electrons. The SMILES string of the molecule is Fc1ccc(-c2ccccc2-c2ccccc2C/C=C2\CN(Cc3ccccc3)CCO2)cc1. The number of benzene rings is 4. The molecule has 0 atom stereocenters. The van der Waals surface area contributed by atoms with Crippen LogP contribution < -0.4 is 0 Å². The second-order valence-corrected chi connectivity index (χ2v) is 8.63. The Morgan fingerprint density at radius 2 is 1.41 bits per heavy atom. The summed E-state index contributed by atoms with van der Waals surface area (Å²) >= 11 is 0. The van der Waals surface area contributed by atoms with Gasteiger partial charge >= 0.3 is 0 Å². The van der Waals surface area contributed by atoms with Gasteiger partial charge in [0, 0.05) is 13.1 Å². The predicted octanol–water partition coefficient (Wildman–Crippen LogP) is 7.12. The van der Waals surface area contributed by atoms with Crippen LogP contribution in [0.15, 0.2) is 115 Å². The van der Waals surface area contributed by atoms with Gasteiger partial charge in [-0.2, -0.15) is 0 Å². The first kappa shape index (κ1) is 22.1. The van der Waals surface area contributed by atoms with E-state index in [2.05, 4.69) is 83.8 Å². The summed E-state index contributed by atoms with van der Waals surface area (Å²) in [6.45, 7) is 3.41. The second kappa shape index (κ2) is 10.5. The fraction of sp³-hybridized carbons (Fsp3) is 0.161. The molecule has 0 radical (unpaired) electrons. The maximum atomic E-state index is 13.5. The molecule has 1 aliphatic heterocycles. The number of nitrogens with zero attached hydrogens (tertiary/aromatic N) is 1. The van der Waals surface area contributed by atoms with Crippen molar-refractivity contribution in [2.45, 2.75) is 13.0 Å². The van der Waals surface area contributed by atoms with Crippen LogP contribution in [0.5, 0.6) is 0 Å². The van der Waals surface area contributed by atoms with E-state index < -0.39 is 0 Å². The van der Waals surface area contributed by atoms with Crippen molar-refractivity contribution in [1.29, 1.82) is 0 Å². The molecular formula is C31H28FNO. The van der Waals surface area contributed by atoms with Gasteiger partial charge in [0.05, 0.1) is 6.54 Å². The Hall–Kier alpha value is -3.69. The summed E-state index contributed by atoms with van der Waals surface area (Å²) in [5, 5.41) is 0. The van der Waals surface area contributed by atoms with Crippen molar-refractivity contribution < 1.29 is 9.13 Å². The second-order valence-electron chi connectivity index (χ2n) is 8.63. The fourth-order valence-corrected chi connectivity index (χ4v) is 4.53. The molecular weight excluding hydrogens is 421 g/mol. The van der Waals surface area contributed by atoms with E-state index in [4.69, 9.17) is 4.74 Å². The Bertz CT molecular complexity index is 1260. The molecule has 1 fully saturated rings. The Morgan fingerprint density at radius 3 is 2.21 bits per heavy atom. The van der Waals surface area contributed by atoms with Crippen molar-refractivity contribution >= 4 is 0 Å². The smallest absolute Gasteiger partial charge is 0.123 e. The van der Waals surface area contributed by atoms with Gasteiger partial charge in [0.15, 0.2) is 0 Å². The third kappa shape index (κ3) is 5.27. The van der Waals surface area contributed by atoms with Crippen molar-refractivity contribution in [2.24, 2.45) is 0 Å². The maximum Gasteiger partial charge on any atom is 0.123 e. The average Bonchev–Trinajstić information content (AvgIpc) is 2.89. The van der Waals surface area contributed by atoms with Crippen molar-refractivity contribution in [3.8, 4) is 22.3 Å². The first-order chi connectivity index (χ1) is 16.8. The van der Waals surface area contributed by atoms with Crippen LogP contribution in [0.4, 0.5) is 4.39 Å². The highest BCUT2D eigenvalue weighted by Crippen LogP contribution is 2.34. The summed E-state index contributed by atoms with van der Waals surface area (Å²) in [5.74, 6) is 0.811. The Balaban J connectivity index is 1.37. The number of allylic oxidation sites excluding steroid dienone is 1. The molecule has 0 N–H and O–H groups in total. The first-order valence-corrected chi connectivity index (χ1v) is 11.8. The minimum absolute atomic E-state index is 0.220. The molecule has 0 aliphatic carbocycles. The standard InChI is InChI=1S/C31H28FNO/c32-27-17-14-26(15-18-27)30-12-6-7-13-31(30)29-11-5-4-10-25(29)16-19-28-23-33(20-21-34-28)22-24-8-2-1-3-9-24/h1-15,17-19H,16,20-23H2/b28-19+. The molecule has 34 heavy (non-hydrogen) atoms. The van der Waals surface area contributed by atoms with Crippen molar-refractivity contribution in [2.75, 3.05) is 19.7 Å². The minimum Gasteiger partial charge on any atom is -0.496 e. The molecule has 3 heteroatoms. The van der Waals surface area contributed by atoms with E-state index in [1.54, 1.807) is 0 Å². The molecule has 0 spiro atoms. The van der Waals surface area contributed by atoms with E-state index in [0.717, 1.165) is 48.5 Å². The minimum atomic E-state index is -0.220. The van der Waals surface area contributed by atoms with Gasteiger partial charge in [-0.1, -0.05) is 91.0 Å². The molecule has 1 heterocycles. The van der Waals surface area contributed by atoms with Crippen LogP contribution in [-0.2, 0) is 17.7 Å². The van der Waals surface area contributed by atoms with Gasteiger partial charge in [-0.3, -0.25) is 4.90 Å². The predicted molar refractivity (Wildman–Crippen MR) is 137 cm³/mol. The van der Waals surface area contributed by atoms with Crippen LogP contribution >= 0.6 is 0 Å². The summed E-state index contributed by atoms with van der Waals surface area (Å²) in [5.41, 5.74) is 7.03. The van der Waals surface area contributed by atoms with Crippen LogP contribution in [0.1, 0.15) is 11.1 Å². The zero-order valence-electron chi connectivity index (χ0n) is 19.2. The Morgan fingerprint density at radius 1 is 0.735 bits per heavy atom. The first-order valence-electron chi connectivity index (χ1n) is 11.8. The molecule has 0 aromatic heterocycles. The third-order valence-corrected chi connectivity index (χ3v) is 6.26. The number of halogens is 1. The lowest BCUT2D eigenvalue weighted by atomic mass is 9.91. The van der Waals surface area contributed by atoms with Crippen LogP contribution in [0.25, 0.3) is 22.3 Å². The van der Waals surface area contributed by atoms with E-state index in [-0.39, 0.29) is 5.82 Å². The summed E-state index contributed by atoms with van der Waals surface area (Å²) in [6.07, 6.45) is 3.01. The molecule has 0 saturated carbocycles. The zero-order valence-corrected chi connectivity index (χ0v) is 19.2. The number of ether oxygens (including phenoxy) is 1. The Kier molecular flexibility index (Phi) is 6.83. The number of hydrogen-bond donors (Lipinski definition) is 0. The van der Waals surface area contributed by atoms with Gasteiger partial charge in [0.25, 0.3) is 0 Å². The highest BCUT2D eigenvalue weighted by atomic mass is 19.1. The highest BCUT2D eigenvalue weighted by Gasteiger charge is 2.16. The third-order valence-electron chi connectivity index (χ3n) is 6.26. The molecule has 2 nitrogen and oxygen atoms in total. The fourth-order valence-electron chi connectivity index (χ4n) is 4.53. The monoisotopic (exact) mass is 449 g/mol. The lowest BCUT2D eigenvalue weighted by Crippen LogP contribution is -2.34. The van der Waals surface area contributed by atoms with Gasteiger partial charge in [-0.15, -0.1) is 0 Å². The lowest BCUT2D eigenvalue weighted by Gasteiger charge is -2.29. The van der Waals surface area contributed by atoms with Gasteiger partial charge in [0.2, 0.25) is 0 Å². The molecule has 1 saturated heterocycles. The molecule has 4 aromatic rings. The van der Waals surface area contributed by atoms with Crippen molar-refractivity contribution in [3.05, 3.63) is 132 Å². The average molecular weight is 450 g/mol. The van der Waals surface area contributed by atoms with Crippen LogP contribution in [0.2, 0.25) is 0 Å². The maximum absolute atomic E-state index is 13.5. The highest BCUT2D eigenvalue weighted by molar-refractivity contribution is 5.84. The van der Waals surface area contributed by atoms with Crippen LogP contribution in [0, 0.1) is 5.82 Å². The van der Waals surface area contributed by atoms with E-state index in [9.17, 15) is 4.39 Å². The summed E-state index contributed by atoms with van der Waals surface area (Å²) in [4.78, 5) is 2.43. The molecule has 4 aromatic carbocycles. The number of rotatable bonds is 6. The van der Waals surface area contributed by atoms with E-state index >= 15 is 0 Å². The number of hydrogen-bond acceptors (Lipinski definition) is 2. The van der Waals surface area contributed by atoms with Crippen LogP contribution in [0.3, 0.4) is 0 Å². The Labute approximate surface area is 201 Å². The number of morpholine rings is 1. The largest absolute Gasteiger partial charge is 0.496 e. The van der Waals surface area contributed by atoms with Gasteiger partial charge in [-0.25, -0.2) is 4.39 Å². The van der Waals surface area contributed by atoms with E-state index in [1.807, 2.05) is 18.2 Å². The van der Waals surface area contributed by atoms with Crippen LogP contribution in [-0.4, -0.2) is 24.6 Å². The molecule has 0 bridgehead atoms.